The number of fused-ring (bicyclic) bond motifs is 1. The second kappa shape index (κ2) is 3.02. The second-order valence-corrected chi connectivity index (χ2v) is 3.01. The van der Waals surface area contributed by atoms with Crippen molar-refractivity contribution in [2.24, 2.45) is 0 Å². The number of aromatic nitrogens is 1. The summed E-state index contributed by atoms with van der Waals surface area (Å²) in [6.07, 6.45) is -3.68. The molecule has 15 heavy (non-hydrogen) atoms. The van der Waals surface area contributed by atoms with E-state index in [1.807, 2.05) is 0 Å². The zero-order valence-electron chi connectivity index (χ0n) is 7.42. The highest BCUT2D eigenvalue weighted by molar-refractivity contribution is 5.86. The summed E-state index contributed by atoms with van der Waals surface area (Å²) < 4.78 is 37.7. The average Bonchev–Trinajstić information content (AvgIpc) is 2.55. The molecular weight excluding hydrogens is 205 g/mol. The molecule has 0 N–H and O–H groups in total. The van der Waals surface area contributed by atoms with Gasteiger partial charge in [-0.2, -0.15) is 5.26 Å². The molecule has 0 saturated carbocycles. The SMILES string of the molecule is N#Cc1cn(C(F)(F)F)c2ccccc12. The van der Waals surface area contributed by atoms with Crippen LogP contribution in [0.1, 0.15) is 5.56 Å². The van der Waals surface area contributed by atoms with E-state index >= 15 is 0 Å². The number of nitriles is 1. The van der Waals surface area contributed by atoms with Gasteiger partial charge in [0.1, 0.15) is 6.07 Å². The minimum Gasteiger partial charge on any atom is -0.258 e. The van der Waals surface area contributed by atoms with E-state index in [9.17, 15) is 13.2 Å². The van der Waals surface area contributed by atoms with Crippen LogP contribution in [0.4, 0.5) is 13.2 Å². The van der Waals surface area contributed by atoms with Crippen molar-refractivity contribution in [3.05, 3.63) is 36.0 Å². The number of hydrogen-bond donors (Lipinski definition) is 0. The molecule has 0 unspecified atom stereocenters. The van der Waals surface area contributed by atoms with E-state index < -0.39 is 6.30 Å². The van der Waals surface area contributed by atoms with Crippen molar-refractivity contribution in [2.75, 3.05) is 0 Å². The zero-order valence-corrected chi connectivity index (χ0v) is 7.42. The van der Waals surface area contributed by atoms with Crippen LogP contribution in [-0.4, -0.2) is 4.57 Å². The molecule has 0 aliphatic heterocycles. The molecule has 0 spiro atoms. The summed E-state index contributed by atoms with van der Waals surface area (Å²) in [4.78, 5) is 0. The van der Waals surface area contributed by atoms with Crippen LogP contribution < -0.4 is 0 Å². The van der Waals surface area contributed by atoms with E-state index in [1.54, 1.807) is 12.1 Å². The molecule has 0 aliphatic rings. The first-order chi connectivity index (χ1) is 7.04. The lowest BCUT2D eigenvalue weighted by Crippen LogP contribution is -2.14. The summed E-state index contributed by atoms with van der Waals surface area (Å²) in [7, 11) is 0. The fourth-order valence-electron chi connectivity index (χ4n) is 1.48. The Labute approximate surface area is 83.2 Å². The van der Waals surface area contributed by atoms with Crippen LogP contribution in [-0.2, 0) is 6.30 Å². The zero-order chi connectivity index (χ0) is 11.1. The van der Waals surface area contributed by atoms with Crippen LogP contribution in [0.2, 0.25) is 0 Å². The molecule has 1 aromatic heterocycles. The van der Waals surface area contributed by atoms with E-state index in [4.69, 9.17) is 5.26 Å². The molecule has 0 saturated heterocycles. The Bertz CT molecular complexity index is 546. The third kappa shape index (κ3) is 1.44. The van der Waals surface area contributed by atoms with E-state index in [2.05, 4.69) is 0 Å². The van der Waals surface area contributed by atoms with Gasteiger partial charge >= 0.3 is 6.30 Å². The first-order valence-electron chi connectivity index (χ1n) is 4.11. The fourth-order valence-corrected chi connectivity index (χ4v) is 1.48. The Hall–Kier alpha value is -1.96. The number of alkyl halides is 3. The van der Waals surface area contributed by atoms with Crippen LogP contribution >= 0.6 is 0 Å². The molecular formula is C10H5F3N2. The lowest BCUT2D eigenvalue weighted by molar-refractivity contribution is -0.200. The fraction of sp³-hybridized carbons (Fsp3) is 0.100. The Balaban J connectivity index is 2.84. The molecule has 0 fully saturated rings. The topological polar surface area (TPSA) is 28.7 Å². The molecule has 76 valence electrons. The summed E-state index contributed by atoms with van der Waals surface area (Å²) in [5, 5.41) is 9.00. The lowest BCUT2D eigenvalue weighted by Gasteiger charge is -2.08. The maximum Gasteiger partial charge on any atom is 0.488 e. The Morgan fingerprint density at radius 1 is 1.20 bits per heavy atom. The molecule has 0 radical (unpaired) electrons. The number of rotatable bonds is 0. The van der Waals surface area contributed by atoms with Crippen LogP contribution in [0.15, 0.2) is 30.5 Å². The predicted octanol–water partition coefficient (Wildman–Crippen LogP) is 2.99. The summed E-state index contributed by atoms with van der Waals surface area (Å²) in [5.74, 6) is 0. The summed E-state index contributed by atoms with van der Waals surface area (Å²) in [5.41, 5.74) is 0.0319. The van der Waals surface area contributed by atoms with Crippen molar-refractivity contribution in [1.82, 2.24) is 4.57 Å². The van der Waals surface area contributed by atoms with Crippen molar-refractivity contribution in [3.63, 3.8) is 0 Å². The highest BCUT2D eigenvalue weighted by atomic mass is 19.4. The highest BCUT2D eigenvalue weighted by Gasteiger charge is 2.32. The second-order valence-electron chi connectivity index (χ2n) is 3.01. The van der Waals surface area contributed by atoms with Gasteiger partial charge in [0.2, 0.25) is 0 Å². The first kappa shape index (κ1) is 9.59. The normalized spacial score (nSPS) is 11.6. The van der Waals surface area contributed by atoms with E-state index in [-0.39, 0.29) is 15.6 Å². The molecule has 2 nitrogen and oxygen atoms in total. The maximum atomic E-state index is 12.5. The van der Waals surface area contributed by atoms with Crippen molar-refractivity contribution in [3.8, 4) is 6.07 Å². The van der Waals surface area contributed by atoms with E-state index in [0.29, 0.717) is 5.39 Å². The molecule has 2 rings (SSSR count). The Morgan fingerprint density at radius 3 is 2.47 bits per heavy atom. The van der Waals surface area contributed by atoms with Crippen LogP contribution in [0.5, 0.6) is 0 Å². The molecule has 0 amide bonds. The number of hydrogen-bond acceptors (Lipinski definition) is 1. The molecule has 0 atom stereocenters. The van der Waals surface area contributed by atoms with Gasteiger partial charge < -0.3 is 0 Å². The van der Waals surface area contributed by atoms with E-state index in [0.717, 1.165) is 6.20 Å². The Morgan fingerprint density at radius 2 is 1.87 bits per heavy atom. The number of para-hydroxylation sites is 1. The van der Waals surface area contributed by atoms with E-state index in [1.165, 1.54) is 18.2 Å². The Kier molecular flexibility index (Phi) is 1.93. The summed E-state index contributed by atoms with van der Waals surface area (Å²) in [6, 6.07) is 7.68. The molecule has 0 bridgehead atoms. The van der Waals surface area contributed by atoms with Gasteiger partial charge in [-0.15, -0.1) is 13.2 Å². The van der Waals surface area contributed by atoms with Gasteiger partial charge in [0.15, 0.2) is 0 Å². The van der Waals surface area contributed by atoms with Crippen LogP contribution in [0.25, 0.3) is 10.9 Å². The smallest absolute Gasteiger partial charge is 0.258 e. The van der Waals surface area contributed by atoms with Gasteiger partial charge in [-0.25, -0.2) is 0 Å². The standard InChI is InChI=1S/C10H5F3N2/c11-10(12,13)15-6-7(5-14)8-3-1-2-4-9(8)15/h1-4,6H. The van der Waals surface area contributed by atoms with Gasteiger partial charge in [-0.3, -0.25) is 4.57 Å². The van der Waals surface area contributed by atoms with Crippen LogP contribution in [0, 0.1) is 11.3 Å². The van der Waals surface area contributed by atoms with Gasteiger partial charge in [0, 0.05) is 11.6 Å². The molecule has 0 aliphatic carbocycles. The van der Waals surface area contributed by atoms with Gasteiger partial charge in [-0.1, -0.05) is 18.2 Å². The van der Waals surface area contributed by atoms with Gasteiger partial charge in [-0.05, 0) is 6.07 Å². The summed E-state index contributed by atoms with van der Waals surface area (Å²) in [6.45, 7) is 0. The van der Waals surface area contributed by atoms with Crippen molar-refractivity contribution in [1.29, 1.82) is 5.26 Å². The van der Waals surface area contributed by atoms with Gasteiger partial charge in [0.25, 0.3) is 0 Å². The molecule has 2 aromatic rings. The monoisotopic (exact) mass is 210 g/mol. The minimum absolute atomic E-state index is 0.00144. The number of nitrogens with zero attached hydrogens (tertiary/aromatic N) is 2. The quantitative estimate of drug-likeness (QED) is 0.657. The van der Waals surface area contributed by atoms with Crippen LogP contribution in [0.3, 0.4) is 0 Å². The van der Waals surface area contributed by atoms with Crippen molar-refractivity contribution in [2.45, 2.75) is 6.30 Å². The average molecular weight is 210 g/mol. The van der Waals surface area contributed by atoms with Crippen molar-refractivity contribution < 1.29 is 13.2 Å². The van der Waals surface area contributed by atoms with Crippen molar-refractivity contribution >= 4 is 10.9 Å². The number of benzene rings is 1. The molecule has 1 heterocycles. The minimum atomic E-state index is -4.49. The highest BCUT2D eigenvalue weighted by Crippen LogP contribution is 2.30. The molecule has 1 aromatic carbocycles. The largest absolute Gasteiger partial charge is 0.488 e. The lowest BCUT2D eigenvalue weighted by atomic mass is 10.2. The maximum absolute atomic E-state index is 12.5. The predicted molar refractivity (Wildman–Crippen MR) is 48.0 cm³/mol. The third-order valence-electron chi connectivity index (χ3n) is 2.11. The molecule has 5 heteroatoms. The third-order valence-corrected chi connectivity index (χ3v) is 2.11. The first-order valence-corrected chi connectivity index (χ1v) is 4.11. The summed E-state index contributed by atoms with van der Waals surface area (Å²) >= 11 is 0. The van der Waals surface area contributed by atoms with Gasteiger partial charge in [0.05, 0.1) is 11.1 Å². The number of halogens is 3.